The van der Waals surface area contributed by atoms with E-state index in [1.807, 2.05) is 66.7 Å². The number of aromatic nitrogens is 6. The molecule has 0 aliphatic carbocycles. The number of para-hydroxylation sites is 1. The van der Waals surface area contributed by atoms with Crippen LogP contribution in [0, 0.1) is 0 Å². The lowest BCUT2D eigenvalue weighted by molar-refractivity contribution is 0.811. The molecule has 0 saturated carbocycles. The minimum Gasteiger partial charge on any atom is -0.269 e. The second-order valence-electron chi connectivity index (χ2n) is 7.40. The van der Waals surface area contributed by atoms with Gasteiger partial charge in [0, 0.05) is 33.4 Å². The molecule has 0 fully saturated rings. The molecule has 0 aliphatic heterocycles. The maximum absolute atomic E-state index is 12.6. The first-order valence-electron chi connectivity index (χ1n) is 10.2. The van der Waals surface area contributed by atoms with Gasteiger partial charge in [-0.1, -0.05) is 54.2 Å². The highest BCUT2D eigenvalue weighted by molar-refractivity contribution is 9.10. The van der Waals surface area contributed by atoms with Crippen LogP contribution >= 0.6 is 27.7 Å². The molecule has 0 saturated heterocycles. The van der Waals surface area contributed by atoms with Gasteiger partial charge in [0.25, 0.3) is 5.56 Å². The van der Waals surface area contributed by atoms with Crippen molar-refractivity contribution in [2.75, 3.05) is 0 Å². The Kier molecular flexibility index (Phi) is 4.92. The fraction of sp³-hybridized carbons (Fsp3) is 0.0417. The van der Waals surface area contributed by atoms with Crippen LogP contribution < -0.4 is 5.56 Å². The Labute approximate surface area is 200 Å². The zero-order chi connectivity index (χ0) is 22.4. The number of nitrogens with zero attached hydrogens (tertiary/aromatic N) is 6. The Morgan fingerprint density at radius 2 is 1.73 bits per heavy atom. The van der Waals surface area contributed by atoms with Crippen molar-refractivity contribution in [1.82, 2.24) is 29.0 Å². The fourth-order valence-electron chi connectivity index (χ4n) is 3.67. The third-order valence-corrected chi connectivity index (χ3v) is 6.64. The van der Waals surface area contributed by atoms with Gasteiger partial charge in [0.1, 0.15) is 5.65 Å². The highest BCUT2D eigenvalue weighted by atomic mass is 79.9. The van der Waals surface area contributed by atoms with Gasteiger partial charge in [-0.2, -0.15) is 4.52 Å². The van der Waals surface area contributed by atoms with Crippen LogP contribution in [0.3, 0.4) is 0 Å². The summed E-state index contributed by atoms with van der Waals surface area (Å²) in [4.78, 5) is 26.8. The summed E-state index contributed by atoms with van der Waals surface area (Å²) in [6.45, 7) is 0. The van der Waals surface area contributed by atoms with Crippen molar-refractivity contribution in [1.29, 1.82) is 0 Å². The molecule has 0 radical (unpaired) electrons. The van der Waals surface area contributed by atoms with Gasteiger partial charge in [-0.25, -0.2) is 15.0 Å². The molecule has 0 N–H and O–H groups in total. The van der Waals surface area contributed by atoms with E-state index in [2.05, 4.69) is 20.9 Å². The van der Waals surface area contributed by atoms with Crippen LogP contribution in [-0.4, -0.2) is 29.0 Å². The number of halogens is 1. The molecule has 4 aromatic heterocycles. The fourth-order valence-corrected chi connectivity index (χ4v) is 4.85. The van der Waals surface area contributed by atoms with Gasteiger partial charge in [-0.05, 0) is 40.2 Å². The number of thioether (sulfide) groups is 1. The van der Waals surface area contributed by atoms with E-state index in [4.69, 9.17) is 15.1 Å². The van der Waals surface area contributed by atoms with Gasteiger partial charge in [-0.3, -0.25) is 9.20 Å². The molecular weight excluding hydrogens is 500 g/mol. The second-order valence-corrected chi connectivity index (χ2v) is 9.26. The Balaban J connectivity index is 1.44. The Morgan fingerprint density at radius 1 is 0.909 bits per heavy atom. The van der Waals surface area contributed by atoms with Crippen molar-refractivity contribution in [2.24, 2.45) is 0 Å². The van der Waals surface area contributed by atoms with Crippen LogP contribution in [0.5, 0.6) is 0 Å². The second kappa shape index (κ2) is 8.09. The molecule has 0 atom stereocenters. The van der Waals surface area contributed by atoms with E-state index in [-0.39, 0.29) is 5.56 Å². The quantitative estimate of drug-likeness (QED) is 0.243. The Bertz CT molecular complexity index is 1710. The standard InChI is InChI=1S/C24H15BrN6OS/c25-16-10-11-20-26-17(12-21(32)30(20)13-16)14-33-24-27-19-9-5-4-8-18(19)23-28-22(29-31(23)24)15-6-2-1-3-7-15/h1-13H,14H2. The molecular formula is C24H15BrN6OS. The van der Waals surface area contributed by atoms with Crippen LogP contribution in [0.15, 0.2) is 93.4 Å². The molecule has 33 heavy (non-hydrogen) atoms. The molecule has 6 rings (SSSR count). The van der Waals surface area contributed by atoms with Crippen LogP contribution in [-0.2, 0) is 5.75 Å². The minimum atomic E-state index is -0.124. The van der Waals surface area contributed by atoms with E-state index >= 15 is 0 Å². The summed E-state index contributed by atoms with van der Waals surface area (Å²) in [6.07, 6.45) is 1.72. The van der Waals surface area contributed by atoms with E-state index < -0.39 is 0 Å². The van der Waals surface area contributed by atoms with Crippen LogP contribution in [0.25, 0.3) is 33.6 Å². The van der Waals surface area contributed by atoms with Gasteiger partial charge < -0.3 is 0 Å². The van der Waals surface area contributed by atoms with Gasteiger partial charge in [0.05, 0.1) is 11.2 Å². The Hall–Kier alpha value is -3.56. The van der Waals surface area contributed by atoms with Crippen LogP contribution in [0.4, 0.5) is 0 Å². The van der Waals surface area contributed by atoms with Crippen molar-refractivity contribution < 1.29 is 0 Å². The molecule has 2 aromatic carbocycles. The lowest BCUT2D eigenvalue weighted by Gasteiger charge is -2.07. The maximum Gasteiger partial charge on any atom is 0.258 e. The van der Waals surface area contributed by atoms with E-state index in [1.165, 1.54) is 16.2 Å². The molecule has 160 valence electrons. The molecule has 4 heterocycles. The van der Waals surface area contributed by atoms with Gasteiger partial charge in [0.2, 0.25) is 0 Å². The number of pyridine rings is 1. The van der Waals surface area contributed by atoms with Crippen molar-refractivity contribution in [3.05, 3.63) is 99.5 Å². The highest BCUT2D eigenvalue weighted by Gasteiger charge is 2.15. The molecule has 6 aromatic rings. The summed E-state index contributed by atoms with van der Waals surface area (Å²) >= 11 is 4.87. The summed E-state index contributed by atoms with van der Waals surface area (Å²) < 4.78 is 4.12. The predicted molar refractivity (Wildman–Crippen MR) is 132 cm³/mol. The first-order chi connectivity index (χ1) is 16.2. The SMILES string of the molecule is O=c1cc(CSc2nc3ccccc3c3nc(-c4ccccc4)nn23)nc2ccc(Br)cn12. The summed E-state index contributed by atoms with van der Waals surface area (Å²) in [5.74, 6) is 1.12. The third-order valence-electron chi connectivity index (χ3n) is 5.21. The van der Waals surface area contributed by atoms with E-state index in [0.29, 0.717) is 28.1 Å². The first-order valence-corrected chi connectivity index (χ1v) is 12.0. The molecule has 0 aliphatic rings. The third kappa shape index (κ3) is 3.69. The topological polar surface area (TPSA) is 77.5 Å². The monoisotopic (exact) mass is 514 g/mol. The van der Waals surface area contributed by atoms with Crippen LogP contribution in [0.1, 0.15) is 5.69 Å². The van der Waals surface area contributed by atoms with Crippen molar-refractivity contribution >= 4 is 49.9 Å². The highest BCUT2D eigenvalue weighted by Crippen LogP contribution is 2.27. The molecule has 0 unspecified atom stereocenters. The summed E-state index contributed by atoms with van der Waals surface area (Å²) in [7, 11) is 0. The summed E-state index contributed by atoms with van der Waals surface area (Å²) in [5, 5.41) is 6.38. The number of hydrogen-bond donors (Lipinski definition) is 0. The van der Waals surface area contributed by atoms with Crippen molar-refractivity contribution in [3.63, 3.8) is 0 Å². The number of rotatable bonds is 4. The number of fused-ring (bicyclic) bond motifs is 4. The average molecular weight is 515 g/mol. The van der Waals surface area contributed by atoms with Crippen LogP contribution in [0.2, 0.25) is 0 Å². The molecule has 7 nitrogen and oxygen atoms in total. The largest absolute Gasteiger partial charge is 0.269 e. The zero-order valence-corrected chi connectivity index (χ0v) is 19.5. The average Bonchev–Trinajstić information content (AvgIpc) is 3.30. The normalized spacial score (nSPS) is 11.5. The number of hydrogen-bond acceptors (Lipinski definition) is 6. The van der Waals surface area contributed by atoms with E-state index in [1.54, 1.807) is 16.8 Å². The van der Waals surface area contributed by atoms with Gasteiger partial charge in [0.15, 0.2) is 16.6 Å². The summed E-state index contributed by atoms with van der Waals surface area (Å²) in [5.41, 5.74) is 3.69. The van der Waals surface area contributed by atoms with Gasteiger partial charge in [-0.15, -0.1) is 5.10 Å². The summed E-state index contributed by atoms with van der Waals surface area (Å²) in [6, 6.07) is 23.0. The zero-order valence-electron chi connectivity index (χ0n) is 17.1. The smallest absolute Gasteiger partial charge is 0.258 e. The van der Waals surface area contributed by atoms with E-state index in [0.717, 1.165) is 26.6 Å². The lowest BCUT2D eigenvalue weighted by Crippen LogP contribution is -2.15. The Morgan fingerprint density at radius 3 is 2.61 bits per heavy atom. The van der Waals surface area contributed by atoms with Gasteiger partial charge >= 0.3 is 0 Å². The molecule has 0 spiro atoms. The van der Waals surface area contributed by atoms with Crippen molar-refractivity contribution in [2.45, 2.75) is 10.9 Å². The van der Waals surface area contributed by atoms with E-state index in [9.17, 15) is 4.79 Å². The molecule has 0 bridgehead atoms. The first kappa shape index (κ1) is 20.1. The molecule has 0 amide bonds. The lowest BCUT2D eigenvalue weighted by atomic mass is 10.2. The number of benzene rings is 2. The minimum absolute atomic E-state index is 0.124. The predicted octanol–water partition coefficient (Wildman–Crippen LogP) is 5.01. The molecule has 9 heteroatoms. The maximum atomic E-state index is 12.6. The van der Waals surface area contributed by atoms with Crippen molar-refractivity contribution in [3.8, 4) is 11.4 Å².